The SMILES string of the molecule is N#CCc1cnc(F)c(Br)c1. The molecule has 0 bridgehead atoms. The summed E-state index contributed by atoms with van der Waals surface area (Å²) in [6.45, 7) is 0. The minimum absolute atomic E-state index is 0.256. The number of rotatable bonds is 1. The maximum absolute atomic E-state index is 12.5. The predicted octanol–water partition coefficient (Wildman–Crippen LogP) is 2.05. The number of pyridine rings is 1. The molecule has 4 heteroatoms. The first-order chi connectivity index (χ1) is 5.24. The first-order valence-corrected chi connectivity index (χ1v) is 3.70. The molecular weight excluding hydrogens is 211 g/mol. The zero-order chi connectivity index (χ0) is 8.27. The van der Waals surface area contributed by atoms with Crippen LogP contribution >= 0.6 is 15.9 Å². The molecule has 0 aliphatic heterocycles. The largest absolute Gasteiger partial charge is 0.227 e. The lowest BCUT2D eigenvalue weighted by molar-refractivity contribution is 0.575. The third kappa shape index (κ3) is 1.99. The standard InChI is InChI=1S/C7H4BrFN2/c8-6-3-5(1-2-10)4-11-7(6)9/h3-4H,1H2. The molecule has 0 amide bonds. The Kier molecular flexibility index (Phi) is 2.55. The molecule has 1 heterocycles. The number of nitriles is 1. The van der Waals surface area contributed by atoms with Crippen LogP contribution in [0.2, 0.25) is 0 Å². The Morgan fingerprint density at radius 1 is 1.73 bits per heavy atom. The molecule has 56 valence electrons. The fourth-order valence-electron chi connectivity index (χ4n) is 0.649. The van der Waals surface area contributed by atoms with Gasteiger partial charge in [-0.2, -0.15) is 9.65 Å². The average molecular weight is 215 g/mol. The van der Waals surface area contributed by atoms with Crippen molar-refractivity contribution in [1.29, 1.82) is 5.26 Å². The molecule has 0 aliphatic carbocycles. The van der Waals surface area contributed by atoms with E-state index in [2.05, 4.69) is 20.9 Å². The number of hydrogen-bond donors (Lipinski definition) is 0. The number of halogens is 2. The van der Waals surface area contributed by atoms with Crippen LogP contribution in [0.25, 0.3) is 0 Å². The Bertz CT molecular complexity index is 306. The number of nitrogens with zero attached hydrogens (tertiary/aromatic N) is 2. The molecule has 1 rings (SSSR count). The van der Waals surface area contributed by atoms with Gasteiger partial charge >= 0.3 is 0 Å². The lowest BCUT2D eigenvalue weighted by atomic mass is 10.2. The van der Waals surface area contributed by atoms with Gasteiger partial charge in [-0.15, -0.1) is 0 Å². The van der Waals surface area contributed by atoms with Crippen LogP contribution in [-0.4, -0.2) is 4.98 Å². The van der Waals surface area contributed by atoms with Crippen molar-refractivity contribution in [3.8, 4) is 6.07 Å². The lowest BCUT2D eigenvalue weighted by Gasteiger charge is -1.94. The van der Waals surface area contributed by atoms with E-state index in [1.807, 2.05) is 6.07 Å². The summed E-state index contributed by atoms with van der Waals surface area (Å²) in [6.07, 6.45) is 1.61. The molecule has 2 nitrogen and oxygen atoms in total. The Morgan fingerprint density at radius 2 is 2.45 bits per heavy atom. The van der Waals surface area contributed by atoms with E-state index in [-0.39, 0.29) is 6.42 Å². The molecule has 0 aromatic carbocycles. The van der Waals surface area contributed by atoms with Gasteiger partial charge in [-0.25, -0.2) is 4.98 Å². The lowest BCUT2D eigenvalue weighted by Crippen LogP contribution is -1.88. The second kappa shape index (κ2) is 3.44. The van der Waals surface area contributed by atoms with Crippen LogP contribution in [0, 0.1) is 17.3 Å². The third-order valence-corrected chi connectivity index (χ3v) is 1.69. The van der Waals surface area contributed by atoms with Crippen molar-refractivity contribution in [3.63, 3.8) is 0 Å². The second-order valence-electron chi connectivity index (χ2n) is 1.95. The molecule has 1 aromatic rings. The summed E-state index contributed by atoms with van der Waals surface area (Å²) in [5.41, 5.74) is 0.709. The Morgan fingerprint density at radius 3 is 3.00 bits per heavy atom. The highest BCUT2D eigenvalue weighted by atomic mass is 79.9. The molecule has 11 heavy (non-hydrogen) atoms. The van der Waals surface area contributed by atoms with Crippen molar-refractivity contribution < 1.29 is 4.39 Å². The van der Waals surface area contributed by atoms with Crippen molar-refractivity contribution in [3.05, 3.63) is 28.2 Å². The molecule has 0 saturated heterocycles. The van der Waals surface area contributed by atoms with Gasteiger partial charge in [0.15, 0.2) is 0 Å². The molecule has 0 atom stereocenters. The Labute approximate surface area is 71.8 Å². The zero-order valence-corrected chi connectivity index (χ0v) is 7.10. The minimum Gasteiger partial charge on any atom is -0.227 e. The smallest absolute Gasteiger partial charge is 0.227 e. The zero-order valence-electron chi connectivity index (χ0n) is 5.51. The van der Waals surface area contributed by atoms with Crippen LogP contribution < -0.4 is 0 Å². The van der Waals surface area contributed by atoms with Crippen molar-refractivity contribution in [1.82, 2.24) is 4.98 Å². The Balaban J connectivity index is 2.98. The summed E-state index contributed by atoms with van der Waals surface area (Å²) in [6, 6.07) is 3.49. The van der Waals surface area contributed by atoms with Gasteiger partial charge in [0.1, 0.15) is 0 Å². The second-order valence-corrected chi connectivity index (χ2v) is 2.81. The molecule has 1 aromatic heterocycles. The van der Waals surface area contributed by atoms with Gasteiger partial charge in [-0.1, -0.05) is 0 Å². The van der Waals surface area contributed by atoms with E-state index in [0.29, 0.717) is 10.0 Å². The van der Waals surface area contributed by atoms with Gasteiger partial charge in [0, 0.05) is 6.20 Å². The molecular formula is C7H4BrFN2. The Hall–Kier alpha value is -0.950. The van der Waals surface area contributed by atoms with E-state index >= 15 is 0 Å². The van der Waals surface area contributed by atoms with Gasteiger partial charge in [0.25, 0.3) is 0 Å². The fourth-order valence-corrected chi connectivity index (χ4v) is 1.05. The summed E-state index contributed by atoms with van der Waals surface area (Å²) in [4.78, 5) is 3.43. The van der Waals surface area contributed by atoms with Crippen LogP contribution in [0.1, 0.15) is 5.56 Å². The van der Waals surface area contributed by atoms with Crippen molar-refractivity contribution >= 4 is 15.9 Å². The molecule has 0 N–H and O–H groups in total. The topological polar surface area (TPSA) is 36.7 Å². The molecule has 0 radical (unpaired) electrons. The molecule has 0 fully saturated rings. The van der Waals surface area contributed by atoms with E-state index in [4.69, 9.17) is 5.26 Å². The van der Waals surface area contributed by atoms with Gasteiger partial charge in [-0.05, 0) is 27.6 Å². The van der Waals surface area contributed by atoms with E-state index in [0.717, 1.165) is 0 Å². The third-order valence-electron chi connectivity index (χ3n) is 1.14. The van der Waals surface area contributed by atoms with Crippen molar-refractivity contribution in [2.24, 2.45) is 0 Å². The van der Waals surface area contributed by atoms with Gasteiger partial charge in [0.2, 0.25) is 5.95 Å². The predicted molar refractivity (Wildman–Crippen MR) is 41.2 cm³/mol. The summed E-state index contributed by atoms with van der Waals surface area (Å²) < 4.78 is 12.8. The minimum atomic E-state index is -0.549. The van der Waals surface area contributed by atoms with Gasteiger partial charge in [-0.3, -0.25) is 0 Å². The highest BCUT2D eigenvalue weighted by Crippen LogP contribution is 2.14. The van der Waals surface area contributed by atoms with E-state index in [9.17, 15) is 4.39 Å². The van der Waals surface area contributed by atoms with Crippen LogP contribution in [0.15, 0.2) is 16.7 Å². The fraction of sp³-hybridized carbons (Fsp3) is 0.143. The van der Waals surface area contributed by atoms with Crippen molar-refractivity contribution in [2.45, 2.75) is 6.42 Å². The molecule has 0 aliphatic rings. The van der Waals surface area contributed by atoms with Gasteiger partial charge < -0.3 is 0 Å². The highest BCUT2D eigenvalue weighted by Gasteiger charge is 2.00. The van der Waals surface area contributed by atoms with Gasteiger partial charge in [0.05, 0.1) is 17.0 Å². The summed E-state index contributed by atoms with van der Waals surface area (Å²) in [5.74, 6) is -0.549. The van der Waals surface area contributed by atoms with E-state index in [1.54, 1.807) is 6.07 Å². The molecule has 0 saturated carbocycles. The number of hydrogen-bond acceptors (Lipinski definition) is 2. The van der Waals surface area contributed by atoms with Crippen LogP contribution in [0.5, 0.6) is 0 Å². The number of aromatic nitrogens is 1. The maximum atomic E-state index is 12.5. The first-order valence-electron chi connectivity index (χ1n) is 2.91. The maximum Gasteiger partial charge on any atom is 0.227 e. The normalized spacial score (nSPS) is 9.18. The van der Waals surface area contributed by atoms with E-state index in [1.165, 1.54) is 6.20 Å². The average Bonchev–Trinajstić information content (AvgIpc) is 1.98. The summed E-state index contributed by atoms with van der Waals surface area (Å²) in [5, 5.41) is 8.29. The molecule has 0 unspecified atom stereocenters. The summed E-state index contributed by atoms with van der Waals surface area (Å²) in [7, 11) is 0. The van der Waals surface area contributed by atoms with E-state index < -0.39 is 5.95 Å². The highest BCUT2D eigenvalue weighted by molar-refractivity contribution is 9.10. The van der Waals surface area contributed by atoms with Crippen LogP contribution in [0.3, 0.4) is 0 Å². The molecule has 0 spiro atoms. The van der Waals surface area contributed by atoms with Crippen LogP contribution in [-0.2, 0) is 6.42 Å². The monoisotopic (exact) mass is 214 g/mol. The van der Waals surface area contributed by atoms with Crippen molar-refractivity contribution in [2.75, 3.05) is 0 Å². The summed E-state index contributed by atoms with van der Waals surface area (Å²) >= 11 is 2.97. The van der Waals surface area contributed by atoms with Crippen LogP contribution in [0.4, 0.5) is 4.39 Å². The first kappa shape index (κ1) is 8.15. The quantitative estimate of drug-likeness (QED) is 0.672.